The van der Waals surface area contributed by atoms with Crippen molar-refractivity contribution < 1.29 is 17.9 Å². The molecule has 0 atom stereocenters. The summed E-state index contributed by atoms with van der Waals surface area (Å²) in [4.78, 5) is 6.63. The lowest BCUT2D eigenvalue weighted by Gasteiger charge is -2.29. The Morgan fingerprint density at radius 1 is 1.09 bits per heavy atom. The Hall–Kier alpha value is -3.40. The molecule has 0 radical (unpaired) electrons. The van der Waals surface area contributed by atoms with Crippen molar-refractivity contribution in [3.05, 3.63) is 58.4 Å². The molecule has 0 aliphatic carbocycles. The van der Waals surface area contributed by atoms with Crippen molar-refractivity contribution in [1.82, 2.24) is 4.90 Å². The molecule has 1 aliphatic heterocycles. The van der Waals surface area contributed by atoms with E-state index in [1.165, 1.54) is 19.2 Å². The highest BCUT2D eigenvalue weighted by atomic mass is 32.2. The van der Waals surface area contributed by atoms with E-state index in [2.05, 4.69) is 15.4 Å². The van der Waals surface area contributed by atoms with Crippen molar-refractivity contribution in [3.63, 3.8) is 0 Å². The van der Waals surface area contributed by atoms with E-state index in [9.17, 15) is 8.42 Å². The monoisotopic (exact) mass is 457 g/mol. The molecule has 170 valence electrons. The normalized spacial score (nSPS) is 14.6. The third-order valence-electron chi connectivity index (χ3n) is 5.19. The number of anilines is 1. The van der Waals surface area contributed by atoms with Crippen LogP contribution in [-0.2, 0) is 9.84 Å². The maximum Gasteiger partial charge on any atom is 0.229 e. The summed E-state index contributed by atoms with van der Waals surface area (Å²) in [5.74, 6) is 1.53. The maximum absolute atomic E-state index is 13.3. The van der Waals surface area contributed by atoms with E-state index in [0.29, 0.717) is 36.1 Å². The summed E-state index contributed by atoms with van der Waals surface area (Å²) >= 11 is 0. The van der Waals surface area contributed by atoms with Gasteiger partial charge in [0.2, 0.25) is 14.9 Å². The Kier molecular flexibility index (Phi) is 6.83. The second kappa shape index (κ2) is 9.39. The highest BCUT2D eigenvalue weighted by Crippen LogP contribution is 2.38. The molecule has 2 aromatic carbocycles. The first kappa shape index (κ1) is 23.3. The summed E-state index contributed by atoms with van der Waals surface area (Å²) in [6.07, 6.45) is 0. The standard InChI is InChI=1S/C22H27N5O4S/c1-6-27(7-2)21-16-12-18(30-4)19(31-5)13-17(16)24-20(25-21)22(26-23)32(28,29)15-10-8-14(3)9-11-15/h8-13,23-24H,6-7H2,1-5H3/b22-20-,26-23?. The summed E-state index contributed by atoms with van der Waals surface area (Å²) in [5, 5.41) is 5.94. The number of amidine groups is 1. The molecule has 0 fully saturated rings. The van der Waals surface area contributed by atoms with Gasteiger partial charge in [0, 0.05) is 24.7 Å². The molecule has 0 amide bonds. The molecule has 1 aliphatic rings. The Morgan fingerprint density at radius 2 is 1.69 bits per heavy atom. The zero-order chi connectivity index (χ0) is 23.5. The van der Waals surface area contributed by atoms with E-state index >= 15 is 0 Å². The van der Waals surface area contributed by atoms with Crippen LogP contribution in [0.15, 0.2) is 62.3 Å². The summed E-state index contributed by atoms with van der Waals surface area (Å²) in [5.41, 5.74) is 9.88. The number of rotatable bonds is 7. The van der Waals surface area contributed by atoms with E-state index in [1.54, 1.807) is 31.4 Å². The van der Waals surface area contributed by atoms with Crippen LogP contribution in [0.2, 0.25) is 0 Å². The van der Waals surface area contributed by atoms with Crippen LogP contribution in [0, 0.1) is 12.5 Å². The molecule has 0 aromatic heterocycles. The number of hydrogen-bond acceptors (Lipinski definition) is 9. The molecule has 0 unspecified atom stereocenters. The van der Waals surface area contributed by atoms with Crippen LogP contribution in [0.3, 0.4) is 0 Å². The number of fused-ring (bicyclic) bond motifs is 1. The molecule has 10 heteroatoms. The van der Waals surface area contributed by atoms with Gasteiger partial charge in [0.25, 0.3) is 0 Å². The van der Waals surface area contributed by atoms with Crippen molar-refractivity contribution in [2.24, 2.45) is 10.1 Å². The number of nitrogens with one attached hydrogen (secondary N) is 2. The summed E-state index contributed by atoms with van der Waals surface area (Å²) in [6.45, 7) is 7.13. The van der Waals surface area contributed by atoms with Crippen LogP contribution >= 0.6 is 0 Å². The van der Waals surface area contributed by atoms with Gasteiger partial charge in [0.05, 0.1) is 24.8 Å². The fourth-order valence-electron chi connectivity index (χ4n) is 3.42. The van der Waals surface area contributed by atoms with E-state index in [1.807, 2.05) is 25.7 Å². The van der Waals surface area contributed by atoms with Gasteiger partial charge in [0.15, 0.2) is 17.3 Å². The highest BCUT2D eigenvalue weighted by molar-refractivity contribution is 7.95. The first-order valence-corrected chi connectivity index (χ1v) is 11.6. The Balaban J connectivity index is 2.27. The van der Waals surface area contributed by atoms with Crippen molar-refractivity contribution >= 4 is 21.4 Å². The molecule has 0 saturated heterocycles. The minimum absolute atomic E-state index is 0.0257. The van der Waals surface area contributed by atoms with E-state index in [0.717, 1.165) is 11.1 Å². The summed E-state index contributed by atoms with van der Waals surface area (Å²) < 4.78 is 37.4. The number of methoxy groups -OCH3 is 2. The number of nitrogens with zero attached hydrogens (tertiary/aromatic N) is 3. The average Bonchev–Trinajstić information content (AvgIpc) is 2.79. The minimum atomic E-state index is -4.08. The van der Waals surface area contributed by atoms with Gasteiger partial charge in [-0.15, -0.1) is 5.11 Å². The molecule has 2 N–H and O–H groups in total. The van der Waals surface area contributed by atoms with Gasteiger partial charge >= 0.3 is 0 Å². The molecular formula is C22H27N5O4S. The molecular weight excluding hydrogens is 430 g/mol. The van der Waals surface area contributed by atoms with Crippen LogP contribution in [-0.4, -0.2) is 46.5 Å². The van der Waals surface area contributed by atoms with Crippen LogP contribution < -0.4 is 14.8 Å². The quantitative estimate of drug-likeness (QED) is 0.603. The lowest BCUT2D eigenvalue weighted by molar-refractivity contribution is 0.355. The van der Waals surface area contributed by atoms with E-state index in [-0.39, 0.29) is 10.7 Å². The zero-order valence-electron chi connectivity index (χ0n) is 18.8. The molecule has 3 rings (SSSR count). The van der Waals surface area contributed by atoms with Crippen LogP contribution in [0.1, 0.15) is 25.0 Å². The van der Waals surface area contributed by atoms with Gasteiger partial charge in [-0.05, 0) is 39.0 Å². The fraction of sp³-hybridized carbons (Fsp3) is 0.318. The topological polar surface area (TPSA) is 116 Å². The van der Waals surface area contributed by atoms with Crippen molar-refractivity contribution in [1.29, 1.82) is 5.53 Å². The van der Waals surface area contributed by atoms with Crippen molar-refractivity contribution in [3.8, 4) is 11.5 Å². The average molecular weight is 458 g/mol. The molecule has 0 bridgehead atoms. The zero-order valence-corrected chi connectivity index (χ0v) is 19.6. The van der Waals surface area contributed by atoms with Crippen LogP contribution in [0.25, 0.3) is 0 Å². The predicted molar refractivity (Wildman–Crippen MR) is 123 cm³/mol. The first-order valence-electron chi connectivity index (χ1n) is 10.1. The highest BCUT2D eigenvalue weighted by Gasteiger charge is 2.30. The van der Waals surface area contributed by atoms with Crippen LogP contribution in [0.4, 0.5) is 5.69 Å². The Labute approximate surface area is 188 Å². The molecule has 9 nitrogen and oxygen atoms in total. The summed E-state index contributed by atoms with van der Waals surface area (Å²) in [7, 11) is -1.01. The second-order valence-electron chi connectivity index (χ2n) is 7.07. The minimum Gasteiger partial charge on any atom is -0.493 e. The van der Waals surface area contributed by atoms with Gasteiger partial charge in [-0.3, -0.25) is 0 Å². The third kappa shape index (κ3) is 4.18. The van der Waals surface area contributed by atoms with Crippen molar-refractivity contribution in [2.75, 3.05) is 32.6 Å². The number of sulfone groups is 1. The van der Waals surface area contributed by atoms with E-state index in [4.69, 9.17) is 15.0 Å². The number of aliphatic imine (C=N–C) groups is 1. The SMILES string of the molecule is CCN(CC)C1=N/C(=C(/N=N)S(=O)(=O)c2ccc(C)cc2)Nc2cc(OC)c(OC)cc21. The Bertz CT molecular complexity index is 1180. The molecule has 0 saturated carbocycles. The second-order valence-corrected chi connectivity index (χ2v) is 8.93. The van der Waals surface area contributed by atoms with Gasteiger partial charge in [-0.1, -0.05) is 17.7 Å². The first-order chi connectivity index (χ1) is 15.3. The van der Waals surface area contributed by atoms with E-state index < -0.39 is 14.9 Å². The van der Waals surface area contributed by atoms with Gasteiger partial charge in [-0.2, -0.15) is 0 Å². The molecule has 1 heterocycles. The number of aryl methyl sites for hydroxylation is 1. The lowest BCUT2D eigenvalue weighted by Crippen LogP contribution is -2.34. The number of ether oxygens (including phenoxy) is 2. The predicted octanol–water partition coefficient (Wildman–Crippen LogP) is 4.16. The Morgan fingerprint density at radius 3 is 2.22 bits per heavy atom. The molecule has 0 spiro atoms. The molecule has 2 aromatic rings. The maximum atomic E-state index is 13.3. The van der Waals surface area contributed by atoms with Crippen molar-refractivity contribution in [2.45, 2.75) is 25.7 Å². The number of hydrogen-bond donors (Lipinski definition) is 2. The largest absolute Gasteiger partial charge is 0.493 e. The molecule has 32 heavy (non-hydrogen) atoms. The smallest absolute Gasteiger partial charge is 0.229 e. The lowest BCUT2D eigenvalue weighted by atomic mass is 10.1. The fourth-order valence-corrected chi connectivity index (χ4v) is 4.61. The number of benzene rings is 2. The van der Waals surface area contributed by atoms with Gasteiger partial charge in [-0.25, -0.2) is 18.9 Å². The van der Waals surface area contributed by atoms with Gasteiger partial charge < -0.3 is 19.7 Å². The van der Waals surface area contributed by atoms with Crippen LogP contribution in [0.5, 0.6) is 11.5 Å². The summed E-state index contributed by atoms with van der Waals surface area (Å²) in [6, 6.07) is 9.90. The van der Waals surface area contributed by atoms with Gasteiger partial charge in [0.1, 0.15) is 5.84 Å². The third-order valence-corrected chi connectivity index (χ3v) is 6.87.